The Bertz CT molecular complexity index is 868. The summed E-state index contributed by atoms with van der Waals surface area (Å²) < 4.78 is 7.48. The summed E-state index contributed by atoms with van der Waals surface area (Å²) >= 11 is 0. The molecule has 0 aromatic carbocycles. The zero-order valence-corrected chi connectivity index (χ0v) is 15.2. The predicted molar refractivity (Wildman–Crippen MR) is 101 cm³/mol. The van der Waals surface area contributed by atoms with E-state index in [-0.39, 0.29) is 6.04 Å². The lowest BCUT2D eigenvalue weighted by Crippen LogP contribution is -2.44. The molecule has 0 bridgehead atoms. The Hall–Kier alpha value is -2.87. The average molecular weight is 353 g/mol. The largest absolute Gasteiger partial charge is 0.377 e. The lowest BCUT2D eigenvalue weighted by Gasteiger charge is -2.34. The van der Waals surface area contributed by atoms with Gasteiger partial charge >= 0.3 is 0 Å². The number of ether oxygens (including phenoxy) is 1. The van der Waals surface area contributed by atoms with Crippen LogP contribution >= 0.6 is 0 Å². The van der Waals surface area contributed by atoms with Crippen LogP contribution in [0.2, 0.25) is 0 Å². The van der Waals surface area contributed by atoms with Crippen LogP contribution in [0.15, 0.2) is 30.6 Å². The highest BCUT2D eigenvalue weighted by atomic mass is 16.5. The molecule has 0 aliphatic carbocycles. The van der Waals surface area contributed by atoms with Gasteiger partial charge in [0.1, 0.15) is 17.5 Å². The molecule has 1 saturated heterocycles. The number of H-pyrrole nitrogens is 1. The van der Waals surface area contributed by atoms with Gasteiger partial charge in [0, 0.05) is 25.2 Å². The maximum absolute atomic E-state index is 5.58. The molecular formula is C18H23N7O. The first-order valence-electron chi connectivity index (χ1n) is 8.73. The minimum atomic E-state index is 0.277. The number of hydrogen-bond donors (Lipinski definition) is 2. The molecule has 4 heterocycles. The summed E-state index contributed by atoms with van der Waals surface area (Å²) in [6.07, 6.45) is 3.59. The Morgan fingerprint density at radius 3 is 2.92 bits per heavy atom. The van der Waals surface area contributed by atoms with Gasteiger partial charge in [-0.25, -0.2) is 4.98 Å². The van der Waals surface area contributed by atoms with Crippen LogP contribution < -0.4 is 10.2 Å². The van der Waals surface area contributed by atoms with Crippen molar-refractivity contribution >= 4 is 17.5 Å². The van der Waals surface area contributed by atoms with E-state index in [1.165, 1.54) is 0 Å². The van der Waals surface area contributed by atoms with E-state index < -0.39 is 0 Å². The molecule has 3 aromatic rings. The zero-order chi connectivity index (χ0) is 18.1. The maximum Gasteiger partial charge on any atom is 0.134 e. The number of aromatic nitrogens is 5. The van der Waals surface area contributed by atoms with Gasteiger partial charge in [-0.2, -0.15) is 10.2 Å². The molecular weight excluding hydrogens is 330 g/mol. The second-order valence-corrected chi connectivity index (χ2v) is 6.61. The molecule has 0 amide bonds. The van der Waals surface area contributed by atoms with Crippen molar-refractivity contribution in [1.82, 2.24) is 25.0 Å². The summed E-state index contributed by atoms with van der Waals surface area (Å²) in [6.45, 7) is 6.47. The van der Waals surface area contributed by atoms with Crippen molar-refractivity contribution in [3.8, 4) is 11.3 Å². The van der Waals surface area contributed by atoms with E-state index in [1.54, 1.807) is 6.20 Å². The SMILES string of the molecule is Cc1cnn(C)c1-c1cc(Nc2ccn[nH]2)nc(N2CCOC[C@H]2C)c1. The van der Waals surface area contributed by atoms with E-state index in [4.69, 9.17) is 9.72 Å². The molecule has 1 fully saturated rings. The first-order chi connectivity index (χ1) is 12.6. The standard InChI is InChI=1S/C18H23N7O/c1-12-10-20-24(3)18(12)14-8-16(21-15-4-5-19-23-15)22-17(9-14)25-6-7-26-11-13(25)2/h4-5,8-10,13H,6-7,11H2,1-3H3,(H2,19,21,22,23)/t13-/m1/s1. The van der Waals surface area contributed by atoms with E-state index in [2.05, 4.69) is 45.4 Å². The number of aromatic amines is 1. The Morgan fingerprint density at radius 2 is 2.23 bits per heavy atom. The first kappa shape index (κ1) is 16.6. The molecule has 8 nitrogen and oxygen atoms in total. The minimum absolute atomic E-state index is 0.277. The summed E-state index contributed by atoms with van der Waals surface area (Å²) in [7, 11) is 1.96. The van der Waals surface area contributed by atoms with E-state index >= 15 is 0 Å². The highest BCUT2D eigenvalue weighted by molar-refractivity contribution is 5.72. The Morgan fingerprint density at radius 1 is 1.35 bits per heavy atom. The van der Waals surface area contributed by atoms with Crippen molar-refractivity contribution in [3.05, 3.63) is 36.2 Å². The lowest BCUT2D eigenvalue weighted by molar-refractivity contribution is 0.0985. The Kier molecular flexibility index (Phi) is 4.34. The fourth-order valence-electron chi connectivity index (χ4n) is 3.36. The van der Waals surface area contributed by atoms with Crippen LogP contribution in [0.25, 0.3) is 11.3 Å². The summed E-state index contributed by atoms with van der Waals surface area (Å²) in [5.41, 5.74) is 3.29. The average Bonchev–Trinajstić information content (AvgIpc) is 3.25. The number of nitrogens with zero attached hydrogens (tertiary/aromatic N) is 5. The molecule has 4 rings (SSSR count). The molecule has 1 aliphatic heterocycles. The molecule has 0 saturated carbocycles. The zero-order valence-electron chi connectivity index (χ0n) is 15.2. The van der Waals surface area contributed by atoms with E-state index in [0.717, 1.165) is 40.8 Å². The highest BCUT2D eigenvalue weighted by Crippen LogP contribution is 2.30. The van der Waals surface area contributed by atoms with Crippen molar-refractivity contribution in [1.29, 1.82) is 0 Å². The van der Waals surface area contributed by atoms with Gasteiger partial charge in [-0.1, -0.05) is 0 Å². The van der Waals surface area contributed by atoms with Gasteiger partial charge in [-0.3, -0.25) is 9.78 Å². The van der Waals surface area contributed by atoms with Crippen molar-refractivity contribution in [2.45, 2.75) is 19.9 Å². The van der Waals surface area contributed by atoms with E-state index in [0.29, 0.717) is 13.2 Å². The van der Waals surface area contributed by atoms with Gasteiger partial charge in [0.2, 0.25) is 0 Å². The molecule has 3 aromatic heterocycles. The van der Waals surface area contributed by atoms with Crippen molar-refractivity contribution in [2.75, 3.05) is 30.0 Å². The summed E-state index contributed by atoms with van der Waals surface area (Å²) in [5, 5.41) is 14.6. The number of morpholine rings is 1. The molecule has 2 N–H and O–H groups in total. The van der Waals surface area contributed by atoms with Crippen LogP contribution in [-0.2, 0) is 11.8 Å². The van der Waals surface area contributed by atoms with Crippen molar-refractivity contribution in [3.63, 3.8) is 0 Å². The van der Waals surface area contributed by atoms with Gasteiger partial charge in [0.05, 0.1) is 37.3 Å². The molecule has 1 atom stereocenters. The number of aryl methyl sites for hydroxylation is 2. The minimum Gasteiger partial charge on any atom is -0.377 e. The maximum atomic E-state index is 5.58. The van der Waals surface area contributed by atoms with Gasteiger partial charge in [-0.05, 0) is 31.5 Å². The molecule has 8 heteroatoms. The molecule has 1 aliphatic rings. The van der Waals surface area contributed by atoms with Crippen LogP contribution in [0.5, 0.6) is 0 Å². The number of pyridine rings is 1. The number of anilines is 3. The quantitative estimate of drug-likeness (QED) is 0.750. The summed E-state index contributed by atoms with van der Waals surface area (Å²) in [4.78, 5) is 7.12. The summed E-state index contributed by atoms with van der Waals surface area (Å²) in [6, 6.07) is 6.32. The van der Waals surface area contributed by atoms with Crippen LogP contribution in [0.3, 0.4) is 0 Å². The summed E-state index contributed by atoms with van der Waals surface area (Å²) in [5.74, 6) is 2.50. The van der Waals surface area contributed by atoms with Crippen molar-refractivity contribution < 1.29 is 4.74 Å². The fourth-order valence-corrected chi connectivity index (χ4v) is 3.36. The number of nitrogens with one attached hydrogen (secondary N) is 2. The number of rotatable bonds is 4. The second kappa shape index (κ2) is 6.80. The van der Waals surface area contributed by atoms with Gasteiger partial charge in [-0.15, -0.1) is 0 Å². The lowest BCUT2D eigenvalue weighted by atomic mass is 10.1. The second-order valence-electron chi connectivity index (χ2n) is 6.61. The molecule has 0 unspecified atom stereocenters. The predicted octanol–water partition coefficient (Wildman–Crippen LogP) is 2.48. The smallest absolute Gasteiger partial charge is 0.134 e. The van der Waals surface area contributed by atoms with Gasteiger partial charge in [0.25, 0.3) is 0 Å². The fraction of sp³-hybridized carbons (Fsp3) is 0.389. The van der Waals surface area contributed by atoms with Crippen LogP contribution in [-0.4, -0.2) is 50.8 Å². The van der Waals surface area contributed by atoms with E-state index in [1.807, 2.05) is 30.1 Å². The van der Waals surface area contributed by atoms with Gasteiger partial charge < -0.3 is 15.0 Å². The third-order valence-corrected chi connectivity index (χ3v) is 4.63. The third kappa shape index (κ3) is 3.15. The van der Waals surface area contributed by atoms with E-state index in [9.17, 15) is 0 Å². The molecule has 136 valence electrons. The van der Waals surface area contributed by atoms with Crippen LogP contribution in [0.1, 0.15) is 12.5 Å². The van der Waals surface area contributed by atoms with Crippen molar-refractivity contribution in [2.24, 2.45) is 7.05 Å². The molecule has 26 heavy (non-hydrogen) atoms. The van der Waals surface area contributed by atoms with Gasteiger partial charge in [0.15, 0.2) is 0 Å². The Labute approximate surface area is 152 Å². The Balaban J connectivity index is 1.79. The normalized spacial score (nSPS) is 17.5. The molecule has 0 spiro atoms. The monoisotopic (exact) mass is 353 g/mol. The third-order valence-electron chi connectivity index (χ3n) is 4.63. The topological polar surface area (TPSA) is 83.9 Å². The van der Waals surface area contributed by atoms with Crippen LogP contribution in [0.4, 0.5) is 17.5 Å². The number of hydrogen-bond acceptors (Lipinski definition) is 6. The molecule has 0 radical (unpaired) electrons. The van der Waals surface area contributed by atoms with Crippen LogP contribution in [0, 0.1) is 6.92 Å². The highest BCUT2D eigenvalue weighted by Gasteiger charge is 2.22. The first-order valence-corrected chi connectivity index (χ1v) is 8.73.